The fourth-order valence-electron chi connectivity index (χ4n) is 3.04. The van der Waals surface area contributed by atoms with E-state index in [9.17, 15) is 0 Å². The fourth-order valence-corrected chi connectivity index (χ4v) is 3.04. The van der Waals surface area contributed by atoms with Crippen LogP contribution in [0.15, 0.2) is 30.5 Å². The van der Waals surface area contributed by atoms with Gasteiger partial charge in [-0.05, 0) is 51.0 Å². The molecule has 1 aromatic heterocycles. The summed E-state index contributed by atoms with van der Waals surface area (Å²) in [5.41, 5.74) is 2.07. The maximum Gasteiger partial charge on any atom is 0.466 e. The summed E-state index contributed by atoms with van der Waals surface area (Å²) in [7, 11) is -2.93. The highest BCUT2D eigenvalue weighted by Gasteiger charge is 2.07. The Morgan fingerprint density at radius 1 is 1.07 bits per heavy atom. The highest BCUT2D eigenvalue weighted by molar-refractivity contribution is 7.45. The van der Waals surface area contributed by atoms with Crippen molar-refractivity contribution in [1.29, 1.82) is 0 Å². The van der Waals surface area contributed by atoms with Crippen molar-refractivity contribution in [3.8, 4) is 5.75 Å². The Balaban J connectivity index is 0.000000804. The molecule has 2 aromatic rings. The predicted octanol–water partition coefficient (Wildman–Crippen LogP) is 4.02. The number of anilines is 1. The summed E-state index contributed by atoms with van der Waals surface area (Å²) in [6, 6.07) is 8.12. The molecule has 30 heavy (non-hydrogen) atoms. The molecule has 170 valence electrons. The molecule has 0 fully saturated rings. The zero-order valence-electron chi connectivity index (χ0n) is 18.3. The fraction of sp³-hybridized carbons (Fsp3) is 0.571. The smallest absolute Gasteiger partial charge is 0.466 e. The number of benzene rings is 1. The second-order valence-corrected chi connectivity index (χ2v) is 8.12. The largest absolute Gasteiger partial charge is 0.497 e. The maximum atomic E-state index is 8.88. The van der Waals surface area contributed by atoms with E-state index in [2.05, 4.69) is 35.1 Å². The Bertz CT molecular complexity index is 768. The Morgan fingerprint density at radius 3 is 2.23 bits per heavy atom. The highest BCUT2D eigenvalue weighted by atomic mass is 31.2. The number of pyridine rings is 1. The molecule has 8 nitrogen and oxygen atoms in total. The monoisotopic (exact) mass is 441 g/mol. The van der Waals surface area contributed by atoms with Gasteiger partial charge in [-0.15, -0.1) is 0 Å². The molecule has 0 atom stereocenters. The first-order valence-corrected chi connectivity index (χ1v) is 12.0. The average molecular weight is 442 g/mol. The lowest BCUT2D eigenvalue weighted by Crippen LogP contribution is -2.28. The van der Waals surface area contributed by atoms with Gasteiger partial charge in [0.15, 0.2) is 0 Å². The lowest BCUT2D eigenvalue weighted by molar-refractivity contribution is 0.264. The van der Waals surface area contributed by atoms with Crippen LogP contribution in [-0.2, 0) is 4.57 Å². The van der Waals surface area contributed by atoms with Gasteiger partial charge in [-0.25, -0.2) is 4.57 Å². The standard InChI is InChI=1S/C21H33N3O.H3O4P/c1-4-6-13-24(14-7-5-2)15-9-12-22-20-17-19(25-3)16-18-10-8-11-23-21(18)20;1-5(2,3)4/h8,10-11,16-17,22H,4-7,9,12-15H2,1-3H3;(H3,1,2,3,4). The van der Waals surface area contributed by atoms with E-state index in [1.165, 1.54) is 38.8 Å². The van der Waals surface area contributed by atoms with E-state index < -0.39 is 7.82 Å². The average Bonchev–Trinajstić information content (AvgIpc) is 2.70. The van der Waals surface area contributed by atoms with Gasteiger partial charge in [0.05, 0.1) is 18.3 Å². The molecular weight excluding hydrogens is 405 g/mol. The first-order valence-electron chi connectivity index (χ1n) is 10.5. The molecule has 0 radical (unpaired) electrons. The molecule has 0 aliphatic carbocycles. The predicted molar refractivity (Wildman–Crippen MR) is 122 cm³/mol. The first-order chi connectivity index (χ1) is 14.3. The summed E-state index contributed by atoms with van der Waals surface area (Å²) in [4.78, 5) is 28.7. The van der Waals surface area contributed by atoms with Gasteiger partial charge < -0.3 is 29.6 Å². The minimum absolute atomic E-state index is 0.871. The topological polar surface area (TPSA) is 115 Å². The number of unbranched alkanes of at least 4 members (excludes halogenated alkanes) is 2. The van der Waals surface area contributed by atoms with Crippen LogP contribution >= 0.6 is 7.82 Å². The normalized spacial score (nSPS) is 11.3. The SMILES string of the molecule is CCCCN(CCCC)CCCNc1cc(OC)cc2cccnc12.O=P(O)(O)O. The number of aromatic nitrogens is 1. The van der Waals surface area contributed by atoms with Crippen LogP contribution in [0, 0.1) is 0 Å². The number of rotatable bonds is 12. The van der Waals surface area contributed by atoms with Crippen LogP contribution in [0.5, 0.6) is 5.75 Å². The summed E-state index contributed by atoms with van der Waals surface area (Å²) in [6.45, 7) is 9.08. The van der Waals surface area contributed by atoms with E-state index in [1.54, 1.807) is 7.11 Å². The summed E-state index contributed by atoms with van der Waals surface area (Å²) in [6.07, 6.45) is 8.10. The molecule has 0 amide bonds. The molecule has 0 aliphatic heterocycles. The molecule has 4 N–H and O–H groups in total. The number of ether oxygens (including phenoxy) is 1. The third kappa shape index (κ3) is 11.5. The van der Waals surface area contributed by atoms with Crippen LogP contribution in [0.25, 0.3) is 10.9 Å². The second-order valence-electron chi connectivity index (χ2n) is 7.09. The molecule has 0 bridgehead atoms. The molecule has 1 aromatic carbocycles. The van der Waals surface area contributed by atoms with Crippen LogP contribution in [0.3, 0.4) is 0 Å². The molecular formula is C21H36N3O5P. The van der Waals surface area contributed by atoms with Crippen LogP contribution in [0.2, 0.25) is 0 Å². The van der Waals surface area contributed by atoms with E-state index in [-0.39, 0.29) is 0 Å². The van der Waals surface area contributed by atoms with E-state index in [1.807, 2.05) is 24.4 Å². The lowest BCUT2D eigenvalue weighted by atomic mass is 10.1. The van der Waals surface area contributed by atoms with Gasteiger partial charge in [0, 0.05) is 24.2 Å². The van der Waals surface area contributed by atoms with Gasteiger partial charge in [-0.1, -0.05) is 32.8 Å². The number of phosphoric acid groups is 1. The van der Waals surface area contributed by atoms with Gasteiger partial charge in [-0.3, -0.25) is 4.98 Å². The number of hydrogen-bond donors (Lipinski definition) is 4. The molecule has 0 saturated carbocycles. The van der Waals surface area contributed by atoms with Crippen molar-refractivity contribution in [1.82, 2.24) is 9.88 Å². The second kappa shape index (κ2) is 14.3. The Hall–Kier alpha value is -1.70. The summed E-state index contributed by atoms with van der Waals surface area (Å²) in [5, 5.41) is 4.67. The maximum absolute atomic E-state index is 8.88. The molecule has 1 heterocycles. The summed E-state index contributed by atoms with van der Waals surface area (Å²) in [5.74, 6) is 0.871. The van der Waals surface area contributed by atoms with E-state index in [4.69, 9.17) is 24.0 Å². The molecule has 0 unspecified atom stereocenters. The van der Waals surface area contributed by atoms with Crippen molar-refractivity contribution in [2.75, 3.05) is 38.6 Å². The third-order valence-corrected chi connectivity index (χ3v) is 4.54. The number of fused-ring (bicyclic) bond motifs is 1. The van der Waals surface area contributed by atoms with Crippen LogP contribution in [-0.4, -0.2) is 57.9 Å². The quantitative estimate of drug-likeness (QED) is 0.288. The van der Waals surface area contributed by atoms with Gasteiger partial charge >= 0.3 is 7.82 Å². The Kier molecular flexibility index (Phi) is 12.6. The minimum Gasteiger partial charge on any atom is -0.497 e. The summed E-state index contributed by atoms with van der Waals surface area (Å²) < 4.78 is 14.3. The molecule has 0 aliphatic rings. The van der Waals surface area contributed by atoms with Crippen LogP contribution < -0.4 is 10.1 Å². The lowest BCUT2D eigenvalue weighted by Gasteiger charge is -2.22. The van der Waals surface area contributed by atoms with E-state index in [0.29, 0.717) is 0 Å². The molecule has 2 rings (SSSR count). The van der Waals surface area contributed by atoms with Crippen molar-refractivity contribution in [3.63, 3.8) is 0 Å². The number of nitrogens with one attached hydrogen (secondary N) is 1. The number of nitrogens with zero attached hydrogens (tertiary/aromatic N) is 2. The van der Waals surface area contributed by atoms with Crippen molar-refractivity contribution in [2.24, 2.45) is 0 Å². The zero-order valence-corrected chi connectivity index (χ0v) is 19.1. The van der Waals surface area contributed by atoms with E-state index >= 15 is 0 Å². The molecule has 0 spiro atoms. The zero-order chi connectivity index (χ0) is 22.4. The van der Waals surface area contributed by atoms with Crippen LogP contribution in [0.4, 0.5) is 5.69 Å². The van der Waals surface area contributed by atoms with Gasteiger partial charge in [0.1, 0.15) is 5.75 Å². The van der Waals surface area contributed by atoms with Crippen molar-refractivity contribution in [3.05, 3.63) is 30.5 Å². The van der Waals surface area contributed by atoms with Crippen molar-refractivity contribution in [2.45, 2.75) is 46.0 Å². The van der Waals surface area contributed by atoms with Gasteiger partial charge in [0.25, 0.3) is 0 Å². The third-order valence-electron chi connectivity index (χ3n) is 4.54. The van der Waals surface area contributed by atoms with Crippen molar-refractivity contribution < 1.29 is 24.0 Å². The van der Waals surface area contributed by atoms with Crippen molar-refractivity contribution >= 4 is 24.4 Å². The first kappa shape index (κ1) is 26.3. The van der Waals surface area contributed by atoms with Gasteiger partial charge in [0.2, 0.25) is 0 Å². The highest BCUT2D eigenvalue weighted by Crippen LogP contribution is 2.27. The molecule has 0 saturated heterocycles. The summed E-state index contributed by atoms with van der Waals surface area (Å²) >= 11 is 0. The number of methoxy groups -OCH3 is 1. The number of hydrogen-bond acceptors (Lipinski definition) is 5. The van der Waals surface area contributed by atoms with E-state index in [0.717, 1.165) is 41.9 Å². The Morgan fingerprint density at radius 2 is 1.67 bits per heavy atom. The minimum atomic E-state index is -4.64. The Labute approximate surface area is 179 Å². The molecule has 9 heteroatoms. The van der Waals surface area contributed by atoms with Crippen LogP contribution in [0.1, 0.15) is 46.0 Å². The van der Waals surface area contributed by atoms with Gasteiger partial charge in [-0.2, -0.15) is 0 Å².